The number of benzene rings is 2. The quantitative estimate of drug-likeness (QED) is 0.228. The molecule has 194 valence electrons. The summed E-state index contributed by atoms with van der Waals surface area (Å²) in [6.07, 6.45) is 2.95. The molecular weight excluding hydrogens is 540 g/mol. The molecular formula is C27H30BrN4O5+. The molecule has 0 saturated heterocycles. The predicted octanol–water partition coefficient (Wildman–Crippen LogP) is 5.26. The largest absolute Gasteiger partial charge is 0.449 e. The number of halogens is 1. The summed E-state index contributed by atoms with van der Waals surface area (Å²) in [5, 5.41) is 7.91. The van der Waals surface area contributed by atoms with Crippen LogP contribution in [0.2, 0.25) is 0 Å². The van der Waals surface area contributed by atoms with Gasteiger partial charge >= 0.3 is 12.2 Å². The molecule has 10 heteroatoms. The number of carbonyl (C=O) groups excluding carboxylic acids is 3. The molecule has 0 spiro atoms. The first-order valence-electron chi connectivity index (χ1n) is 11.9. The number of hydrogen-bond acceptors (Lipinski definition) is 5. The van der Waals surface area contributed by atoms with Crippen LogP contribution in [-0.4, -0.2) is 30.9 Å². The van der Waals surface area contributed by atoms with Gasteiger partial charge in [-0.2, -0.15) is 0 Å². The number of nitrogens with one attached hydrogen (secondary N) is 3. The van der Waals surface area contributed by atoms with Gasteiger partial charge in [0.2, 0.25) is 0 Å². The smallest absolute Gasteiger partial charge is 0.413 e. The maximum Gasteiger partial charge on any atom is 0.413 e. The van der Waals surface area contributed by atoms with Crippen LogP contribution in [0.5, 0.6) is 0 Å². The molecule has 1 aromatic heterocycles. The van der Waals surface area contributed by atoms with Crippen molar-refractivity contribution in [3.63, 3.8) is 0 Å². The zero-order chi connectivity index (χ0) is 26.6. The van der Waals surface area contributed by atoms with E-state index in [9.17, 15) is 14.4 Å². The second-order valence-corrected chi connectivity index (χ2v) is 9.12. The van der Waals surface area contributed by atoms with Gasteiger partial charge in [-0.1, -0.05) is 37.3 Å². The monoisotopic (exact) mass is 569 g/mol. The van der Waals surface area contributed by atoms with Crippen LogP contribution >= 0.6 is 15.9 Å². The van der Waals surface area contributed by atoms with Crippen LogP contribution in [0.4, 0.5) is 21.0 Å². The third-order valence-electron chi connectivity index (χ3n) is 5.09. The molecule has 1 unspecified atom stereocenters. The minimum Gasteiger partial charge on any atom is -0.449 e. The Morgan fingerprint density at radius 3 is 2.35 bits per heavy atom. The number of carbonyl (C=O) groups is 3. The van der Waals surface area contributed by atoms with Crippen molar-refractivity contribution in [3.8, 4) is 0 Å². The van der Waals surface area contributed by atoms with Crippen molar-refractivity contribution >= 4 is 45.4 Å². The molecule has 0 radical (unpaired) electrons. The van der Waals surface area contributed by atoms with E-state index in [4.69, 9.17) is 9.47 Å². The second-order valence-electron chi connectivity index (χ2n) is 8.20. The summed E-state index contributed by atoms with van der Waals surface area (Å²) < 4.78 is 13.1. The molecule has 9 nitrogen and oxygen atoms in total. The zero-order valence-corrected chi connectivity index (χ0v) is 22.3. The fourth-order valence-electron chi connectivity index (χ4n) is 3.39. The van der Waals surface area contributed by atoms with Crippen LogP contribution in [0.15, 0.2) is 77.5 Å². The van der Waals surface area contributed by atoms with Crippen LogP contribution in [0, 0.1) is 0 Å². The minimum atomic E-state index is -0.874. The van der Waals surface area contributed by atoms with Gasteiger partial charge in [-0.05, 0) is 58.7 Å². The number of nitrogens with zero attached hydrogens (tertiary/aromatic N) is 1. The number of pyridine rings is 1. The lowest BCUT2D eigenvalue weighted by molar-refractivity contribution is -0.697. The van der Waals surface area contributed by atoms with E-state index in [2.05, 4.69) is 38.8 Å². The van der Waals surface area contributed by atoms with Gasteiger partial charge in [0.15, 0.2) is 18.6 Å². The number of rotatable bonds is 10. The fraction of sp³-hybridized carbons (Fsp3) is 0.259. The molecule has 0 aliphatic heterocycles. The summed E-state index contributed by atoms with van der Waals surface area (Å²) in [6.45, 7) is 4.56. The van der Waals surface area contributed by atoms with Crippen LogP contribution in [0.1, 0.15) is 36.2 Å². The van der Waals surface area contributed by atoms with E-state index in [1.54, 1.807) is 42.5 Å². The molecule has 1 atom stereocenters. The number of aryl methyl sites for hydroxylation is 1. The number of anilines is 2. The second kappa shape index (κ2) is 14.0. The van der Waals surface area contributed by atoms with E-state index in [0.29, 0.717) is 23.4 Å². The molecule has 0 bridgehead atoms. The van der Waals surface area contributed by atoms with Gasteiger partial charge in [-0.15, -0.1) is 0 Å². The van der Waals surface area contributed by atoms with Gasteiger partial charge in [0, 0.05) is 24.2 Å². The van der Waals surface area contributed by atoms with Crippen molar-refractivity contribution in [1.82, 2.24) is 5.32 Å². The van der Waals surface area contributed by atoms with E-state index >= 15 is 0 Å². The summed E-state index contributed by atoms with van der Waals surface area (Å²) in [7, 11) is 0. The van der Waals surface area contributed by atoms with Crippen molar-refractivity contribution in [2.24, 2.45) is 0 Å². The fourth-order valence-corrected chi connectivity index (χ4v) is 3.90. The van der Waals surface area contributed by atoms with Gasteiger partial charge in [0.1, 0.15) is 12.1 Å². The van der Waals surface area contributed by atoms with Crippen LogP contribution < -0.4 is 20.5 Å². The van der Waals surface area contributed by atoms with Crippen LogP contribution in [0.25, 0.3) is 0 Å². The first-order chi connectivity index (χ1) is 17.8. The normalized spacial score (nSPS) is 11.2. The highest BCUT2D eigenvalue weighted by atomic mass is 79.9. The molecule has 3 N–H and O–H groups in total. The van der Waals surface area contributed by atoms with E-state index in [-0.39, 0.29) is 12.5 Å². The van der Waals surface area contributed by atoms with E-state index in [1.807, 2.05) is 35.2 Å². The Labute approximate surface area is 224 Å². The number of para-hydroxylation sites is 1. The van der Waals surface area contributed by atoms with Crippen LogP contribution in [-0.2, 0) is 22.4 Å². The molecule has 0 saturated carbocycles. The van der Waals surface area contributed by atoms with Crippen molar-refractivity contribution in [1.29, 1.82) is 0 Å². The summed E-state index contributed by atoms with van der Waals surface area (Å²) in [5.74, 6) is -0.201. The number of amides is 3. The van der Waals surface area contributed by atoms with Gasteiger partial charge in [0.25, 0.3) is 5.91 Å². The van der Waals surface area contributed by atoms with E-state index < -0.39 is 18.4 Å². The highest BCUT2D eigenvalue weighted by Crippen LogP contribution is 2.14. The van der Waals surface area contributed by atoms with Crippen molar-refractivity contribution in [2.45, 2.75) is 39.5 Å². The van der Waals surface area contributed by atoms with Crippen molar-refractivity contribution in [3.05, 3.63) is 88.7 Å². The van der Waals surface area contributed by atoms with Gasteiger partial charge in [-0.25, -0.2) is 14.2 Å². The highest BCUT2D eigenvalue weighted by Gasteiger charge is 2.14. The molecule has 0 fully saturated rings. The molecule has 1 heterocycles. The topological polar surface area (TPSA) is 110 Å². The maximum atomic E-state index is 12.7. The maximum absolute atomic E-state index is 12.7. The SMILES string of the molecule is CCC[n+]1cc(Br)cc(C(=O)Nc2ccc(CCOC(=O)NC(C)OC(=O)Nc3ccccc3)cc2)c1. The molecule has 3 aromatic rings. The number of aromatic nitrogens is 1. The van der Waals surface area contributed by atoms with Crippen molar-refractivity contribution < 1.29 is 28.4 Å². The molecule has 37 heavy (non-hydrogen) atoms. The van der Waals surface area contributed by atoms with Gasteiger partial charge < -0.3 is 14.8 Å². The minimum absolute atomic E-state index is 0.135. The molecule has 3 amide bonds. The summed E-state index contributed by atoms with van der Waals surface area (Å²) in [4.78, 5) is 36.5. The zero-order valence-electron chi connectivity index (χ0n) is 20.7. The lowest BCUT2D eigenvalue weighted by Crippen LogP contribution is -2.37. The molecule has 0 aliphatic carbocycles. The standard InChI is InChI=1S/C27H29BrN4O5/c1-3-14-32-17-21(16-22(28)18-32)25(33)30-24-11-9-20(10-12-24)13-15-36-26(34)29-19(2)37-27(35)31-23-7-5-4-6-8-23/h4-12,16-19H,3,13-15H2,1-2H3,(H2-,29,30,31,33,34,35)/p+1. The molecule has 3 rings (SSSR count). The first kappa shape index (κ1) is 27.7. The summed E-state index contributed by atoms with van der Waals surface area (Å²) in [6, 6.07) is 17.9. The third-order valence-corrected chi connectivity index (χ3v) is 5.53. The Morgan fingerprint density at radius 2 is 1.65 bits per heavy atom. The Bertz CT molecular complexity index is 1210. The Balaban J connectivity index is 1.39. The lowest BCUT2D eigenvalue weighted by Gasteiger charge is -2.15. The van der Waals surface area contributed by atoms with Crippen molar-refractivity contribution in [2.75, 3.05) is 17.2 Å². The molecule has 2 aromatic carbocycles. The lowest BCUT2D eigenvalue weighted by atomic mass is 10.1. The summed E-state index contributed by atoms with van der Waals surface area (Å²) >= 11 is 3.45. The van der Waals surface area contributed by atoms with Gasteiger partial charge in [-0.3, -0.25) is 15.4 Å². The Kier molecular flexibility index (Phi) is 10.5. The van der Waals surface area contributed by atoms with Crippen LogP contribution in [0.3, 0.4) is 0 Å². The average Bonchev–Trinajstić information content (AvgIpc) is 2.85. The number of ether oxygens (including phenoxy) is 2. The van der Waals surface area contributed by atoms with E-state index in [1.165, 1.54) is 6.92 Å². The molecule has 0 aliphatic rings. The first-order valence-corrected chi connectivity index (χ1v) is 12.7. The average molecular weight is 570 g/mol. The Morgan fingerprint density at radius 1 is 0.946 bits per heavy atom. The Hall–Kier alpha value is -3.92. The van der Waals surface area contributed by atoms with Gasteiger partial charge in [0.05, 0.1) is 11.1 Å². The van der Waals surface area contributed by atoms with E-state index in [0.717, 1.165) is 23.0 Å². The highest BCUT2D eigenvalue weighted by molar-refractivity contribution is 9.10. The number of alkyl carbamates (subject to hydrolysis) is 1. The third kappa shape index (κ3) is 9.57. The predicted molar refractivity (Wildman–Crippen MR) is 143 cm³/mol. The number of hydrogen-bond donors (Lipinski definition) is 3. The summed E-state index contributed by atoms with van der Waals surface area (Å²) in [5.41, 5.74) is 2.73.